The second-order valence-electron chi connectivity index (χ2n) is 3.94. The zero-order valence-electron chi connectivity index (χ0n) is 10.2. The monoisotopic (exact) mass is 307 g/mol. The molecule has 3 rings (SSSR count). The van der Waals surface area contributed by atoms with Crippen LogP contribution in [-0.4, -0.2) is 24.8 Å². The molecule has 2 aromatic rings. The highest BCUT2D eigenvalue weighted by atomic mass is 35.5. The van der Waals surface area contributed by atoms with Crippen LogP contribution in [0.3, 0.4) is 0 Å². The average Bonchev–Trinajstić information content (AvgIpc) is 2.77. The highest BCUT2D eigenvalue weighted by Crippen LogP contribution is 2.18. The van der Waals surface area contributed by atoms with Crippen LogP contribution in [0.1, 0.15) is 11.1 Å². The summed E-state index contributed by atoms with van der Waals surface area (Å²) in [6.45, 7) is 0. The fourth-order valence-electron chi connectivity index (χ4n) is 1.82. The summed E-state index contributed by atoms with van der Waals surface area (Å²) in [5.74, 6) is 0. The van der Waals surface area contributed by atoms with Gasteiger partial charge in [-0.05, 0) is 12.1 Å². The summed E-state index contributed by atoms with van der Waals surface area (Å²) >= 11 is 0. The van der Waals surface area contributed by atoms with Crippen LogP contribution >= 0.6 is 12.4 Å². The lowest BCUT2D eigenvalue weighted by Gasteiger charge is -2.03. The number of benzene rings is 1. The molecule has 0 bridgehead atoms. The third kappa shape index (κ3) is 2.76. The Kier molecular flexibility index (Phi) is 3.96. The number of hydrogen-bond acceptors (Lipinski definition) is 3. The summed E-state index contributed by atoms with van der Waals surface area (Å²) in [7, 11) is -3.79. The molecule has 0 amide bonds. The van der Waals surface area contributed by atoms with Gasteiger partial charge < -0.3 is 0 Å². The summed E-state index contributed by atoms with van der Waals surface area (Å²) in [4.78, 5) is 3.97. The van der Waals surface area contributed by atoms with Crippen molar-refractivity contribution in [3.8, 4) is 0 Å². The second-order valence-corrected chi connectivity index (χ2v) is 5.20. The molecule has 0 spiro atoms. The lowest BCUT2D eigenvalue weighted by Crippen LogP contribution is -2.13. The van der Waals surface area contributed by atoms with E-state index in [1.165, 1.54) is 0 Å². The van der Waals surface area contributed by atoms with Gasteiger partial charge in [0.25, 0.3) is 0 Å². The van der Waals surface area contributed by atoms with E-state index in [1.54, 1.807) is 36.7 Å². The minimum absolute atomic E-state index is 0. The fraction of sp³-hybridized carbons (Fsp3) is 0. The SMILES string of the molecule is Cl.O=S1(=O)N=C(c2ccccc2)C(c2cccnc2)=N1. The van der Waals surface area contributed by atoms with E-state index in [2.05, 4.69) is 13.8 Å². The van der Waals surface area contributed by atoms with Crippen LogP contribution in [-0.2, 0) is 10.2 Å². The number of rotatable bonds is 2. The predicted molar refractivity (Wildman–Crippen MR) is 79.9 cm³/mol. The topological polar surface area (TPSA) is 71.8 Å². The first-order valence-electron chi connectivity index (χ1n) is 5.57. The lowest BCUT2D eigenvalue weighted by molar-refractivity contribution is 0.601. The maximum absolute atomic E-state index is 11.6. The highest BCUT2D eigenvalue weighted by molar-refractivity contribution is 7.89. The van der Waals surface area contributed by atoms with Crippen molar-refractivity contribution in [3.05, 3.63) is 66.0 Å². The quantitative estimate of drug-likeness (QED) is 0.852. The third-order valence-electron chi connectivity index (χ3n) is 2.62. The Morgan fingerprint density at radius 2 is 1.40 bits per heavy atom. The van der Waals surface area contributed by atoms with Crippen molar-refractivity contribution in [2.45, 2.75) is 0 Å². The summed E-state index contributed by atoms with van der Waals surface area (Å²) in [5, 5.41) is 0. The molecule has 1 aliphatic rings. The normalized spacial score (nSPS) is 16.0. The maximum Gasteiger partial charge on any atom is 0.364 e. The van der Waals surface area contributed by atoms with Crippen molar-refractivity contribution in [1.29, 1.82) is 0 Å². The molecule has 0 radical (unpaired) electrons. The molecule has 0 N–H and O–H groups in total. The zero-order valence-corrected chi connectivity index (χ0v) is 11.8. The van der Waals surface area contributed by atoms with Gasteiger partial charge in [-0.15, -0.1) is 21.2 Å². The minimum atomic E-state index is -3.79. The van der Waals surface area contributed by atoms with Gasteiger partial charge in [-0.3, -0.25) is 4.98 Å². The van der Waals surface area contributed by atoms with Gasteiger partial charge in [-0.2, -0.15) is 8.42 Å². The van der Waals surface area contributed by atoms with Crippen molar-refractivity contribution in [2.75, 3.05) is 0 Å². The van der Waals surface area contributed by atoms with Crippen LogP contribution in [0.5, 0.6) is 0 Å². The molecule has 20 heavy (non-hydrogen) atoms. The van der Waals surface area contributed by atoms with Crippen LogP contribution in [0.2, 0.25) is 0 Å². The van der Waals surface area contributed by atoms with Crippen molar-refractivity contribution in [2.24, 2.45) is 8.80 Å². The highest BCUT2D eigenvalue weighted by Gasteiger charge is 2.26. The Morgan fingerprint density at radius 3 is 2.00 bits per heavy atom. The smallest absolute Gasteiger partial charge is 0.264 e. The van der Waals surface area contributed by atoms with Gasteiger partial charge in [0, 0.05) is 23.5 Å². The molecule has 2 heterocycles. The number of aromatic nitrogens is 1. The van der Waals surface area contributed by atoms with E-state index >= 15 is 0 Å². The van der Waals surface area contributed by atoms with Gasteiger partial charge in [-0.1, -0.05) is 30.3 Å². The first-order valence-corrected chi connectivity index (χ1v) is 6.96. The van der Waals surface area contributed by atoms with Crippen molar-refractivity contribution < 1.29 is 8.42 Å². The van der Waals surface area contributed by atoms with Crippen LogP contribution < -0.4 is 0 Å². The largest absolute Gasteiger partial charge is 0.364 e. The van der Waals surface area contributed by atoms with Gasteiger partial charge in [0.15, 0.2) is 0 Å². The molecule has 0 fully saturated rings. The molecular weight excluding hydrogens is 298 g/mol. The van der Waals surface area contributed by atoms with E-state index in [0.717, 1.165) is 0 Å². The number of hydrogen-bond donors (Lipinski definition) is 0. The Balaban J connectivity index is 0.00000147. The first-order chi connectivity index (χ1) is 9.16. The molecule has 0 aliphatic carbocycles. The molecule has 0 unspecified atom stereocenters. The summed E-state index contributed by atoms with van der Waals surface area (Å²) < 4.78 is 30.6. The predicted octanol–water partition coefficient (Wildman–Crippen LogP) is 2.04. The minimum Gasteiger partial charge on any atom is -0.264 e. The first kappa shape index (κ1) is 14.4. The summed E-state index contributed by atoms with van der Waals surface area (Å²) in [6, 6.07) is 12.6. The lowest BCUT2D eigenvalue weighted by atomic mass is 10.0. The molecule has 0 saturated carbocycles. The Morgan fingerprint density at radius 1 is 0.800 bits per heavy atom. The van der Waals surface area contributed by atoms with Crippen molar-refractivity contribution >= 4 is 34.0 Å². The van der Waals surface area contributed by atoms with Gasteiger partial charge >= 0.3 is 10.2 Å². The summed E-state index contributed by atoms with van der Waals surface area (Å²) in [5.41, 5.74) is 2.03. The molecule has 102 valence electrons. The molecule has 1 aliphatic heterocycles. The molecule has 0 saturated heterocycles. The molecule has 7 heteroatoms. The van der Waals surface area contributed by atoms with Crippen LogP contribution in [0.15, 0.2) is 63.7 Å². The Bertz CT molecular complexity index is 710. The number of halogens is 1. The third-order valence-corrected chi connectivity index (χ3v) is 3.45. The van der Waals surface area contributed by atoms with E-state index < -0.39 is 10.2 Å². The molecule has 5 nitrogen and oxygen atoms in total. The van der Waals surface area contributed by atoms with Crippen LogP contribution in [0, 0.1) is 0 Å². The zero-order chi connectivity index (χ0) is 13.3. The van der Waals surface area contributed by atoms with E-state index in [0.29, 0.717) is 22.6 Å². The molecule has 0 atom stereocenters. The van der Waals surface area contributed by atoms with Crippen LogP contribution in [0.25, 0.3) is 0 Å². The second kappa shape index (κ2) is 5.52. The Labute approximate surface area is 122 Å². The van der Waals surface area contributed by atoms with Gasteiger partial charge in [0.1, 0.15) is 11.4 Å². The van der Waals surface area contributed by atoms with Gasteiger partial charge in [0.2, 0.25) is 0 Å². The van der Waals surface area contributed by atoms with E-state index in [1.807, 2.05) is 18.2 Å². The van der Waals surface area contributed by atoms with E-state index in [4.69, 9.17) is 0 Å². The van der Waals surface area contributed by atoms with Gasteiger partial charge in [0.05, 0.1) is 0 Å². The maximum atomic E-state index is 11.6. The number of pyridine rings is 1. The number of nitrogens with zero attached hydrogens (tertiary/aromatic N) is 3. The molecule has 1 aromatic carbocycles. The Hall–Kier alpha value is -2.05. The van der Waals surface area contributed by atoms with E-state index in [-0.39, 0.29) is 12.4 Å². The summed E-state index contributed by atoms with van der Waals surface area (Å²) in [6.07, 6.45) is 3.19. The average molecular weight is 308 g/mol. The van der Waals surface area contributed by atoms with Gasteiger partial charge in [-0.25, -0.2) is 0 Å². The molecule has 1 aromatic heterocycles. The van der Waals surface area contributed by atoms with Crippen molar-refractivity contribution in [1.82, 2.24) is 4.98 Å². The fourth-order valence-corrected chi connectivity index (χ4v) is 2.70. The molecular formula is C13H10ClN3O2S. The van der Waals surface area contributed by atoms with Crippen molar-refractivity contribution in [3.63, 3.8) is 0 Å². The standard InChI is InChI=1S/C13H9N3O2S.ClH/c17-19(18)15-12(10-5-2-1-3-6-10)13(16-19)11-7-4-8-14-9-11;/h1-9H;1H. The van der Waals surface area contributed by atoms with E-state index in [9.17, 15) is 8.42 Å². The van der Waals surface area contributed by atoms with Crippen LogP contribution in [0.4, 0.5) is 0 Å².